The van der Waals surface area contributed by atoms with Crippen LogP contribution in [-0.4, -0.2) is 76.7 Å². The lowest BCUT2D eigenvalue weighted by Gasteiger charge is -2.36. The number of halogens is 1. The minimum absolute atomic E-state index is 0.112. The van der Waals surface area contributed by atoms with Crippen LogP contribution in [0.2, 0.25) is 5.02 Å². The van der Waals surface area contributed by atoms with E-state index in [4.69, 9.17) is 11.6 Å². The number of imide groups is 1. The summed E-state index contributed by atoms with van der Waals surface area (Å²) in [7, 11) is 2.06. The van der Waals surface area contributed by atoms with Crippen molar-refractivity contribution < 1.29 is 19.2 Å². The first-order valence-electron chi connectivity index (χ1n) is 20.0. The van der Waals surface area contributed by atoms with E-state index in [1.54, 1.807) is 6.07 Å². The van der Waals surface area contributed by atoms with Crippen LogP contribution in [0.5, 0.6) is 0 Å². The molecule has 0 radical (unpaired) electrons. The van der Waals surface area contributed by atoms with Gasteiger partial charge >= 0.3 is 0 Å². The van der Waals surface area contributed by atoms with E-state index >= 15 is 0 Å². The summed E-state index contributed by atoms with van der Waals surface area (Å²) in [5.41, 5.74) is 7.51. The van der Waals surface area contributed by atoms with Crippen molar-refractivity contribution in [3.05, 3.63) is 99.3 Å². The Morgan fingerprint density at radius 3 is 2.38 bits per heavy atom. The van der Waals surface area contributed by atoms with E-state index in [0.29, 0.717) is 51.8 Å². The van der Waals surface area contributed by atoms with Crippen LogP contribution in [0.3, 0.4) is 0 Å². The smallest absolute Gasteiger partial charge is 0.270 e. The summed E-state index contributed by atoms with van der Waals surface area (Å²) in [6.45, 7) is 7.06. The summed E-state index contributed by atoms with van der Waals surface area (Å²) in [6, 6.07) is 15.4. The number of benzene rings is 2. The van der Waals surface area contributed by atoms with Crippen LogP contribution in [0, 0.1) is 23.2 Å². The fourth-order valence-electron chi connectivity index (χ4n) is 9.64. The van der Waals surface area contributed by atoms with E-state index in [1.807, 2.05) is 36.5 Å². The van der Waals surface area contributed by atoms with Gasteiger partial charge in [0.1, 0.15) is 17.8 Å². The molecule has 12 heteroatoms. The zero-order valence-corrected chi connectivity index (χ0v) is 32.6. The number of likely N-dealkylation sites (tertiary alicyclic amines) is 1. The number of carbonyl (C=O) groups is 4. The molecule has 2 aromatic carbocycles. The number of aromatic nitrogens is 1. The number of piperidine rings is 2. The van der Waals surface area contributed by atoms with Crippen LogP contribution in [0.15, 0.2) is 55.2 Å². The molecule has 3 aromatic rings. The lowest BCUT2D eigenvalue weighted by Crippen LogP contribution is -2.52. The van der Waals surface area contributed by atoms with Gasteiger partial charge in [0.05, 0.1) is 10.6 Å². The lowest BCUT2D eigenvalue weighted by molar-refractivity contribution is -0.136. The van der Waals surface area contributed by atoms with Gasteiger partial charge in [0.15, 0.2) is 0 Å². The third-order valence-corrected chi connectivity index (χ3v) is 13.1. The molecule has 4 amide bonds. The Kier molecular flexibility index (Phi) is 10.7. The number of fused-ring (bicyclic) bond motifs is 2. The highest BCUT2D eigenvalue weighted by Gasteiger charge is 2.42. The van der Waals surface area contributed by atoms with Gasteiger partial charge in [-0.15, -0.1) is 0 Å². The van der Waals surface area contributed by atoms with E-state index in [2.05, 4.69) is 51.2 Å². The predicted octanol–water partition coefficient (Wildman–Crippen LogP) is 6.03. The molecular formula is C44H48ClN7O4. The van der Waals surface area contributed by atoms with Crippen molar-refractivity contribution in [1.29, 1.82) is 5.26 Å². The normalized spacial score (nSPS) is 24.1. The molecule has 2 unspecified atom stereocenters. The lowest BCUT2D eigenvalue weighted by atomic mass is 9.86. The number of nitrogens with zero attached hydrogens (tertiary/aromatic N) is 5. The number of rotatable bonds is 9. The van der Waals surface area contributed by atoms with Gasteiger partial charge in [-0.05, 0) is 142 Å². The number of carbonyl (C=O) groups excluding carboxylic acids is 4. The number of anilines is 1. The van der Waals surface area contributed by atoms with Crippen molar-refractivity contribution in [3.8, 4) is 6.07 Å². The minimum Gasteiger partial charge on any atom is -0.372 e. The third-order valence-electron chi connectivity index (χ3n) is 12.8. The van der Waals surface area contributed by atoms with Gasteiger partial charge in [0.2, 0.25) is 11.8 Å². The molecule has 5 aliphatic rings. The maximum absolute atomic E-state index is 13.5. The van der Waals surface area contributed by atoms with Gasteiger partial charge in [-0.3, -0.25) is 39.3 Å². The Labute approximate surface area is 333 Å². The fourth-order valence-corrected chi connectivity index (χ4v) is 9.86. The number of hydrogen-bond acceptors (Lipinski definition) is 8. The van der Waals surface area contributed by atoms with Crippen LogP contribution in [0.4, 0.5) is 5.69 Å². The molecule has 4 heterocycles. The van der Waals surface area contributed by atoms with Crippen LogP contribution in [-0.2, 0) is 29.0 Å². The first-order chi connectivity index (χ1) is 27.0. The van der Waals surface area contributed by atoms with E-state index in [0.717, 1.165) is 87.8 Å². The van der Waals surface area contributed by atoms with E-state index in [-0.39, 0.29) is 30.2 Å². The standard InChI is InChI=1S/C44H48ClN7O4/c1-26-36-20-31-18-29(19-32(31)21-37(36)44(56)52(26)40-11-12-41(53)49-43(40)55)17-27-13-15-51(16-14-27)25-28-3-10-39(47-24-28)42(54)48-33-5-8-34(9-6-33)50(2)35-7-4-30(23-46)38(45)22-35/h3-4,7,10,20-22,24,27,29,33-34,40H,1,5-6,8-9,11-19,25H2,2H3,(H,48,54)(H,49,53,55). The highest BCUT2D eigenvalue weighted by molar-refractivity contribution is 6.32. The molecule has 56 heavy (non-hydrogen) atoms. The van der Waals surface area contributed by atoms with Gasteiger partial charge in [-0.2, -0.15) is 5.26 Å². The van der Waals surface area contributed by atoms with Crippen molar-refractivity contribution in [1.82, 2.24) is 25.4 Å². The Hall–Kier alpha value is -5.05. The average molecular weight is 774 g/mol. The third kappa shape index (κ3) is 7.69. The minimum atomic E-state index is -0.699. The van der Waals surface area contributed by atoms with Crippen LogP contribution >= 0.6 is 11.6 Å². The van der Waals surface area contributed by atoms with Gasteiger partial charge < -0.3 is 10.2 Å². The topological polar surface area (TPSA) is 139 Å². The molecule has 2 aliphatic carbocycles. The highest BCUT2D eigenvalue weighted by atomic mass is 35.5. The second kappa shape index (κ2) is 15.8. The molecule has 1 saturated carbocycles. The molecular weight excluding hydrogens is 726 g/mol. The summed E-state index contributed by atoms with van der Waals surface area (Å²) >= 11 is 6.27. The van der Waals surface area contributed by atoms with Crippen LogP contribution < -0.4 is 15.5 Å². The van der Waals surface area contributed by atoms with Crippen molar-refractivity contribution >= 4 is 46.6 Å². The van der Waals surface area contributed by atoms with E-state index in [1.165, 1.54) is 22.4 Å². The van der Waals surface area contributed by atoms with E-state index < -0.39 is 11.9 Å². The maximum Gasteiger partial charge on any atom is 0.270 e. The Bertz CT molecular complexity index is 2070. The maximum atomic E-state index is 13.5. The summed E-state index contributed by atoms with van der Waals surface area (Å²) in [5.74, 6) is 0.152. The Morgan fingerprint density at radius 1 is 0.982 bits per heavy atom. The zero-order valence-electron chi connectivity index (χ0n) is 31.9. The Morgan fingerprint density at radius 2 is 1.71 bits per heavy atom. The largest absolute Gasteiger partial charge is 0.372 e. The van der Waals surface area contributed by atoms with Crippen LogP contribution in [0.1, 0.15) is 106 Å². The highest BCUT2D eigenvalue weighted by Crippen LogP contribution is 2.41. The Balaban J connectivity index is 0.763. The molecule has 11 nitrogen and oxygen atoms in total. The summed E-state index contributed by atoms with van der Waals surface area (Å²) < 4.78 is 0. The first-order valence-corrected chi connectivity index (χ1v) is 20.3. The van der Waals surface area contributed by atoms with Crippen LogP contribution in [0.25, 0.3) is 5.70 Å². The van der Waals surface area contributed by atoms with Crippen molar-refractivity contribution in [2.45, 2.75) is 95.3 Å². The molecule has 0 spiro atoms. The predicted molar refractivity (Wildman–Crippen MR) is 214 cm³/mol. The van der Waals surface area contributed by atoms with Gasteiger partial charge in [0.25, 0.3) is 11.8 Å². The molecule has 3 aliphatic heterocycles. The van der Waals surface area contributed by atoms with Crippen molar-refractivity contribution in [2.75, 3.05) is 25.0 Å². The molecule has 0 bridgehead atoms. The van der Waals surface area contributed by atoms with Gasteiger partial charge in [-0.25, -0.2) is 0 Å². The SMILES string of the molecule is C=C1c2cc3c(cc2C(=O)N1C1CCC(=O)NC1=O)CC(CC1CCN(Cc2ccc(C(=O)NC4CCC(N(C)c5ccc(C#N)c(Cl)c5)CC4)nc2)CC1)C3. The van der Waals surface area contributed by atoms with Crippen molar-refractivity contribution in [3.63, 3.8) is 0 Å². The molecule has 2 saturated heterocycles. The number of nitriles is 1. The number of hydrogen-bond donors (Lipinski definition) is 2. The molecule has 3 fully saturated rings. The first kappa shape index (κ1) is 37.9. The quantitative estimate of drug-likeness (QED) is 0.252. The van der Waals surface area contributed by atoms with E-state index in [9.17, 15) is 24.4 Å². The fraction of sp³-hybridized carbons (Fsp3) is 0.455. The number of nitrogens with one attached hydrogen (secondary N) is 2. The monoisotopic (exact) mass is 773 g/mol. The molecule has 2 atom stereocenters. The summed E-state index contributed by atoms with van der Waals surface area (Å²) in [4.78, 5) is 61.5. The number of pyridine rings is 1. The second-order valence-electron chi connectivity index (χ2n) is 16.4. The molecule has 1 aromatic heterocycles. The van der Waals surface area contributed by atoms with Gasteiger partial charge in [0, 0.05) is 60.8 Å². The van der Waals surface area contributed by atoms with Crippen molar-refractivity contribution in [2.24, 2.45) is 11.8 Å². The molecule has 290 valence electrons. The number of amides is 4. The zero-order chi connectivity index (χ0) is 39.1. The molecule has 2 N–H and O–H groups in total. The van der Waals surface area contributed by atoms with Gasteiger partial charge in [-0.1, -0.05) is 24.2 Å². The summed E-state index contributed by atoms with van der Waals surface area (Å²) in [6.07, 6.45) is 11.4. The molecule has 8 rings (SSSR count). The average Bonchev–Trinajstić information content (AvgIpc) is 3.70. The second-order valence-corrected chi connectivity index (χ2v) is 16.8. The summed E-state index contributed by atoms with van der Waals surface area (Å²) in [5, 5.41) is 15.2.